The Morgan fingerprint density at radius 1 is 0.619 bits per heavy atom. The van der Waals surface area contributed by atoms with Gasteiger partial charge in [0.1, 0.15) is 5.82 Å². The van der Waals surface area contributed by atoms with Gasteiger partial charge in [-0.25, -0.2) is 4.39 Å². The second-order valence-electron chi connectivity index (χ2n) is 5.01. The Morgan fingerprint density at radius 2 is 1.14 bits per heavy atom. The van der Waals surface area contributed by atoms with Crippen molar-refractivity contribution in [2.75, 3.05) is 0 Å². The van der Waals surface area contributed by atoms with E-state index in [4.69, 9.17) is 0 Å². The summed E-state index contributed by atoms with van der Waals surface area (Å²) in [7, 11) is 0. The van der Waals surface area contributed by atoms with Gasteiger partial charge in [0.2, 0.25) is 0 Å². The third kappa shape index (κ3) is 3.38. The normalized spacial score (nSPS) is 10.8. The third-order valence-corrected chi connectivity index (χ3v) is 3.54. The summed E-state index contributed by atoms with van der Waals surface area (Å²) in [5, 5.41) is 0. The summed E-state index contributed by atoms with van der Waals surface area (Å²) in [5.74, 6) is 1.01. The fourth-order valence-electron chi connectivity index (χ4n) is 2.46. The Labute approximate surface area is 124 Å². The van der Waals surface area contributed by atoms with E-state index in [1.807, 2.05) is 48.5 Å². The molecule has 3 aromatic carbocycles. The van der Waals surface area contributed by atoms with Gasteiger partial charge in [-0.15, -0.1) is 0 Å². The zero-order valence-corrected chi connectivity index (χ0v) is 11.7. The number of halogens is 1. The monoisotopic (exact) mass is 275 g/mol. The molecule has 0 heterocycles. The highest BCUT2D eigenvalue weighted by molar-refractivity contribution is 5.47. The highest BCUT2D eigenvalue weighted by Crippen LogP contribution is 2.27. The minimum Gasteiger partial charge on any atom is -0.207 e. The van der Waals surface area contributed by atoms with Crippen LogP contribution in [0.4, 0.5) is 4.39 Å². The zero-order chi connectivity index (χ0) is 14.5. The summed E-state index contributed by atoms with van der Waals surface area (Å²) in [6.45, 7) is 0. The topological polar surface area (TPSA) is 0 Å². The summed E-state index contributed by atoms with van der Waals surface area (Å²) < 4.78 is 13.2. The van der Waals surface area contributed by atoms with Crippen molar-refractivity contribution < 1.29 is 4.39 Å². The molecule has 21 heavy (non-hydrogen) atoms. The molecule has 0 aliphatic carbocycles. The first-order valence-corrected chi connectivity index (χ1v) is 7.04. The highest BCUT2D eigenvalue weighted by Gasteiger charge is 2.15. The Bertz CT molecular complexity index is 672. The van der Waals surface area contributed by atoms with Crippen molar-refractivity contribution in [3.8, 4) is 0 Å². The van der Waals surface area contributed by atoms with Crippen LogP contribution in [-0.4, -0.2) is 0 Å². The van der Waals surface area contributed by atoms with Crippen LogP contribution in [0.3, 0.4) is 0 Å². The lowest BCUT2D eigenvalue weighted by Crippen LogP contribution is -2.06. The average Bonchev–Trinajstić information content (AvgIpc) is 2.55. The van der Waals surface area contributed by atoms with Crippen LogP contribution in [0.5, 0.6) is 0 Å². The van der Waals surface area contributed by atoms with Gasteiger partial charge in [0.25, 0.3) is 0 Å². The Morgan fingerprint density at radius 3 is 1.76 bits per heavy atom. The molecule has 0 spiro atoms. The smallest absolute Gasteiger partial charge is 0.123 e. The molecule has 1 radical (unpaired) electrons. The number of hydrogen-bond acceptors (Lipinski definition) is 0. The van der Waals surface area contributed by atoms with Crippen molar-refractivity contribution in [2.45, 2.75) is 6.42 Å². The largest absolute Gasteiger partial charge is 0.207 e. The van der Waals surface area contributed by atoms with Crippen LogP contribution in [0.2, 0.25) is 0 Å². The minimum absolute atomic E-state index is 0.203. The molecule has 0 N–H and O–H groups in total. The molecule has 0 atom stereocenters. The number of rotatable bonds is 4. The molecule has 1 heteroatoms. The molecule has 3 aromatic rings. The van der Waals surface area contributed by atoms with Crippen LogP contribution in [0.1, 0.15) is 16.7 Å². The van der Waals surface area contributed by atoms with E-state index in [9.17, 15) is 4.39 Å². The van der Waals surface area contributed by atoms with Crippen LogP contribution in [0.25, 0.3) is 0 Å². The molecule has 0 nitrogen and oxygen atoms in total. The standard InChI is InChI=1S/C20H16F/c21-19-13-11-18(12-14-19)20(17-9-5-2-6-10-17)15-16-7-3-1-4-8-16/h1-14H,15H2. The third-order valence-electron chi connectivity index (χ3n) is 3.54. The Hall–Kier alpha value is -2.41. The molecular formula is C20H16F. The van der Waals surface area contributed by atoms with E-state index >= 15 is 0 Å². The van der Waals surface area contributed by atoms with Gasteiger partial charge in [0, 0.05) is 5.92 Å². The van der Waals surface area contributed by atoms with Gasteiger partial charge in [0.15, 0.2) is 0 Å². The molecule has 0 aliphatic rings. The lowest BCUT2D eigenvalue weighted by atomic mass is 9.86. The van der Waals surface area contributed by atoms with Crippen molar-refractivity contribution in [1.29, 1.82) is 0 Å². The van der Waals surface area contributed by atoms with Gasteiger partial charge in [-0.1, -0.05) is 72.8 Å². The van der Waals surface area contributed by atoms with Gasteiger partial charge >= 0.3 is 0 Å². The fourth-order valence-corrected chi connectivity index (χ4v) is 2.46. The number of hydrogen-bond donors (Lipinski definition) is 0. The van der Waals surface area contributed by atoms with Gasteiger partial charge in [0.05, 0.1) is 0 Å². The SMILES string of the molecule is Fc1ccc([C](Cc2ccccc2)c2ccccc2)cc1. The summed E-state index contributed by atoms with van der Waals surface area (Å²) in [6.07, 6.45) is 0.830. The van der Waals surface area contributed by atoms with E-state index < -0.39 is 0 Å². The first-order valence-electron chi connectivity index (χ1n) is 7.04. The molecule has 0 saturated carbocycles. The molecule has 0 bridgehead atoms. The van der Waals surface area contributed by atoms with E-state index in [-0.39, 0.29) is 5.82 Å². The van der Waals surface area contributed by atoms with Crippen LogP contribution in [0.15, 0.2) is 84.9 Å². The summed E-state index contributed by atoms with van der Waals surface area (Å²) in [5.41, 5.74) is 3.49. The molecule has 0 amide bonds. The van der Waals surface area contributed by atoms with Crippen molar-refractivity contribution in [1.82, 2.24) is 0 Å². The maximum absolute atomic E-state index is 13.2. The first kappa shape index (κ1) is 13.6. The summed E-state index contributed by atoms with van der Waals surface area (Å²) in [4.78, 5) is 0. The Kier molecular flexibility index (Phi) is 4.11. The minimum atomic E-state index is -0.203. The van der Waals surface area contributed by atoms with Crippen molar-refractivity contribution in [2.24, 2.45) is 0 Å². The zero-order valence-electron chi connectivity index (χ0n) is 11.7. The molecule has 3 rings (SSSR count). The van der Waals surface area contributed by atoms with Crippen molar-refractivity contribution in [3.63, 3.8) is 0 Å². The lowest BCUT2D eigenvalue weighted by molar-refractivity contribution is 0.627. The highest BCUT2D eigenvalue weighted by atomic mass is 19.1. The van der Waals surface area contributed by atoms with Crippen molar-refractivity contribution >= 4 is 0 Å². The van der Waals surface area contributed by atoms with E-state index in [0.29, 0.717) is 0 Å². The molecule has 0 aromatic heterocycles. The quantitative estimate of drug-likeness (QED) is 0.626. The van der Waals surface area contributed by atoms with E-state index in [1.54, 1.807) is 0 Å². The van der Waals surface area contributed by atoms with E-state index in [1.165, 1.54) is 29.2 Å². The maximum atomic E-state index is 13.2. The van der Waals surface area contributed by atoms with E-state index in [2.05, 4.69) is 24.3 Å². The van der Waals surface area contributed by atoms with Crippen LogP contribution >= 0.6 is 0 Å². The molecule has 0 fully saturated rings. The first-order chi connectivity index (χ1) is 10.3. The molecule has 0 saturated heterocycles. The average molecular weight is 275 g/mol. The maximum Gasteiger partial charge on any atom is 0.123 e. The van der Waals surface area contributed by atoms with Gasteiger partial charge < -0.3 is 0 Å². The lowest BCUT2D eigenvalue weighted by Gasteiger charge is -2.17. The summed E-state index contributed by atoms with van der Waals surface area (Å²) in [6, 6.07) is 27.3. The van der Waals surface area contributed by atoms with Crippen LogP contribution in [-0.2, 0) is 6.42 Å². The Balaban J connectivity index is 1.97. The summed E-state index contributed by atoms with van der Waals surface area (Å²) >= 11 is 0. The van der Waals surface area contributed by atoms with Gasteiger partial charge in [-0.05, 0) is 35.2 Å². The van der Waals surface area contributed by atoms with E-state index in [0.717, 1.165) is 12.0 Å². The van der Waals surface area contributed by atoms with Gasteiger partial charge in [-0.3, -0.25) is 0 Å². The molecule has 103 valence electrons. The fraction of sp³-hybridized carbons (Fsp3) is 0.0500. The predicted octanol–water partition coefficient (Wildman–Crippen LogP) is 5.04. The molecular weight excluding hydrogens is 259 g/mol. The second-order valence-corrected chi connectivity index (χ2v) is 5.01. The molecule has 0 unspecified atom stereocenters. The number of benzene rings is 3. The molecule has 0 aliphatic heterocycles. The second kappa shape index (κ2) is 6.36. The van der Waals surface area contributed by atoms with Crippen LogP contribution in [0, 0.1) is 11.7 Å². The van der Waals surface area contributed by atoms with Gasteiger partial charge in [-0.2, -0.15) is 0 Å². The van der Waals surface area contributed by atoms with Crippen molar-refractivity contribution in [3.05, 3.63) is 113 Å². The van der Waals surface area contributed by atoms with Crippen LogP contribution < -0.4 is 0 Å². The predicted molar refractivity (Wildman–Crippen MR) is 84.4 cm³/mol.